The monoisotopic (exact) mass is 316 g/mol. The number of nitrogens with zero attached hydrogens (tertiary/aromatic N) is 1. The SMILES string of the molecule is NC(Br)CCC(=O)OCc1ccc([N+](=O)[O-])cc1. The Kier molecular flexibility index (Phi) is 5.73. The van der Waals surface area contributed by atoms with Crippen LogP contribution in [0.4, 0.5) is 5.69 Å². The minimum absolute atomic E-state index is 0.00957. The fourth-order valence-corrected chi connectivity index (χ4v) is 1.43. The molecule has 98 valence electrons. The number of nitrogens with two attached hydrogens (primary N) is 1. The standard InChI is InChI=1S/C11H13BrN2O4/c12-10(13)5-6-11(15)18-7-8-1-3-9(4-2-8)14(16)17/h1-4,10H,5-7,13H2. The maximum absolute atomic E-state index is 11.3. The first-order valence-corrected chi connectivity index (χ1v) is 6.19. The fourth-order valence-electron chi connectivity index (χ4n) is 1.21. The first kappa shape index (κ1) is 14.6. The Bertz CT molecular complexity index is 420. The number of rotatable bonds is 6. The van der Waals surface area contributed by atoms with Gasteiger partial charge >= 0.3 is 5.97 Å². The van der Waals surface area contributed by atoms with Crippen molar-refractivity contribution in [1.29, 1.82) is 0 Å². The Balaban J connectivity index is 2.39. The number of carbonyl (C=O) groups excluding carboxylic acids is 1. The van der Waals surface area contributed by atoms with E-state index in [0.717, 1.165) is 0 Å². The van der Waals surface area contributed by atoms with Crippen molar-refractivity contribution in [2.45, 2.75) is 24.4 Å². The number of non-ortho nitro benzene ring substituents is 1. The van der Waals surface area contributed by atoms with Gasteiger partial charge in [-0.05, 0) is 24.1 Å². The summed E-state index contributed by atoms with van der Waals surface area (Å²) in [6, 6.07) is 5.86. The lowest BCUT2D eigenvalue weighted by molar-refractivity contribution is -0.384. The lowest BCUT2D eigenvalue weighted by atomic mass is 10.2. The summed E-state index contributed by atoms with van der Waals surface area (Å²) in [5.41, 5.74) is 6.15. The van der Waals surface area contributed by atoms with Gasteiger partial charge in [-0.15, -0.1) is 0 Å². The highest BCUT2D eigenvalue weighted by atomic mass is 79.9. The normalized spacial score (nSPS) is 11.9. The average Bonchev–Trinajstić information content (AvgIpc) is 2.34. The zero-order valence-electron chi connectivity index (χ0n) is 9.54. The van der Waals surface area contributed by atoms with Crippen LogP contribution in [0.25, 0.3) is 0 Å². The van der Waals surface area contributed by atoms with E-state index in [2.05, 4.69) is 15.9 Å². The van der Waals surface area contributed by atoms with Gasteiger partial charge in [-0.2, -0.15) is 0 Å². The van der Waals surface area contributed by atoms with E-state index in [4.69, 9.17) is 10.5 Å². The highest BCUT2D eigenvalue weighted by Gasteiger charge is 2.07. The molecule has 2 N–H and O–H groups in total. The maximum Gasteiger partial charge on any atom is 0.306 e. The summed E-state index contributed by atoms with van der Waals surface area (Å²) in [6.45, 7) is 0.106. The summed E-state index contributed by atoms with van der Waals surface area (Å²) in [6.07, 6.45) is 0.735. The quantitative estimate of drug-likeness (QED) is 0.285. The predicted molar refractivity (Wildman–Crippen MR) is 69.0 cm³/mol. The summed E-state index contributed by atoms with van der Waals surface area (Å²) in [7, 11) is 0. The third-order valence-electron chi connectivity index (χ3n) is 2.17. The molecule has 0 aliphatic rings. The molecule has 6 nitrogen and oxygen atoms in total. The van der Waals surface area contributed by atoms with Gasteiger partial charge in [0, 0.05) is 18.6 Å². The molecular weight excluding hydrogens is 304 g/mol. The maximum atomic E-state index is 11.3. The highest BCUT2D eigenvalue weighted by Crippen LogP contribution is 2.13. The Morgan fingerprint density at radius 3 is 2.56 bits per heavy atom. The number of ether oxygens (including phenoxy) is 1. The van der Waals surface area contributed by atoms with Crippen LogP contribution >= 0.6 is 15.9 Å². The molecule has 0 amide bonds. The molecule has 0 heterocycles. The van der Waals surface area contributed by atoms with Crippen LogP contribution < -0.4 is 5.73 Å². The van der Waals surface area contributed by atoms with Crippen LogP contribution in [0.15, 0.2) is 24.3 Å². The van der Waals surface area contributed by atoms with Crippen LogP contribution in [0, 0.1) is 10.1 Å². The van der Waals surface area contributed by atoms with Crippen LogP contribution in [-0.4, -0.2) is 15.8 Å². The van der Waals surface area contributed by atoms with Crippen molar-refractivity contribution >= 4 is 27.6 Å². The van der Waals surface area contributed by atoms with E-state index in [9.17, 15) is 14.9 Å². The fraction of sp³-hybridized carbons (Fsp3) is 0.364. The van der Waals surface area contributed by atoms with Crippen molar-refractivity contribution in [2.75, 3.05) is 0 Å². The Hall–Kier alpha value is -1.47. The molecule has 1 rings (SSSR count). The minimum Gasteiger partial charge on any atom is -0.461 e. The average molecular weight is 317 g/mol. The number of esters is 1. The summed E-state index contributed by atoms with van der Waals surface area (Å²) < 4.78 is 4.99. The second kappa shape index (κ2) is 7.07. The van der Waals surface area contributed by atoms with Crippen LogP contribution in [0.3, 0.4) is 0 Å². The molecule has 0 fully saturated rings. The Morgan fingerprint density at radius 1 is 1.44 bits per heavy atom. The van der Waals surface area contributed by atoms with Crippen molar-refractivity contribution in [3.63, 3.8) is 0 Å². The number of carbonyl (C=O) groups is 1. The Morgan fingerprint density at radius 2 is 2.06 bits per heavy atom. The van der Waals surface area contributed by atoms with E-state index >= 15 is 0 Å². The van der Waals surface area contributed by atoms with E-state index in [1.807, 2.05) is 0 Å². The van der Waals surface area contributed by atoms with Gasteiger partial charge in [-0.25, -0.2) is 0 Å². The minimum atomic E-state index is -0.479. The van der Waals surface area contributed by atoms with Gasteiger partial charge in [0.25, 0.3) is 5.69 Å². The molecule has 0 aliphatic heterocycles. The smallest absolute Gasteiger partial charge is 0.306 e. The van der Waals surface area contributed by atoms with Crippen molar-refractivity contribution < 1.29 is 14.5 Å². The van der Waals surface area contributed by atoms with Crippen molar-refractivity contribution in [3.05, 3.63) is 39.9 Å². The lowest BCUT2D eigenvalue weighted by Gasteiger charge is -2.05. The molecule has 0 bridgehead atoms. The van der Waals surface area contributed by atoms with E-state index in [1.165, 1.54) is 12.1 Å². The number of hydrogen-bond donors (Lipinski definition) is 1. The number of hydrogen-bond acceptors (Lipinski definition) is 5. The molecule has 0 spiro atoms. The van der Waals surface area contributed by atoms with Crippen LogP contribution in [0.1, 0.15) is 18.4 Å². The van der Waals surface area contributed by atoms with Gasteiger partial charge in [-0.3, -0.25) is 14.9 Å². The summed E-state index contributed by atoms with van der Waals surface area (Å²) in [5.74, 6) is -0.344. The molecule has 1 aromatic rings. The second-order valence-corrected chi connectivity index (χ2v) is 4.82. The van der Waals surface area contributed by atoms with Gasteiger partial charge in [0.2, 0.25) is 0 Å². The molecule has 0 saturated carbocycles. The highest BCUT2D eigenvalue weighted by molar-refractivity contribution is 9.09. The van der Waals surface area contributed by atoms with Gasteiger partial charge in [0.1, 0.15) is 6.61 Å². The van der Waals surface area contributed by atoms with Crippen molar-refractivity contribution in [3.8, 4) is 0 Å². The van der Waals surface area contributed by atoms with Gasteiger partial charge in [0.15, 0.2) is 0 Å². The molecule has 18 heavy (non-hydrogen) atoms. The summed E-state index contributed by atoms with van der Waals surface area (Å²) in [5, 5.41) is 10.4. The molecule has 0 aliphatic carbocycles. The van der Waals surface area contributed by atoms with Gasteiger partial charge in [0.05, 0.1) is 9.87 Å². The third-order valence-corrected chi connectivity index (χ3v) is 2.63. The number of benzene rings is 1. The van der Waals surface area contributed by atoms with Crippen LogP contribution in [-0.2, 0) is 16.1 Å². The molecule has 0 aromatic heterocycles. The topological polar surface area (TPSA) is 95.5 Å². The molecule has 0 saturated heterocycles. The molecule has 7 heteroatoms. The van der Waals surface area contributed by atoms with E-state index in [-0.39, 0.29) is 29.6 Å². The predicted octanol–water partition coefficient (Wildman–Crippen LogP) is 2.10. The number of halogens is 1. The van der Waals surface area contributed by atoms with Gasteiger partial charge < -0.3 is 10.5 Å². The number of alkyl halides is 1. The molecule has 0 radical (unpaired) electrons. The largest absolute Gasteiger partial charge is 0.461 e. The van der Waals surface area contributed by atoms with E-state index in [0.29, 0.717) is 12.0 Å². The first-order chi connectivity index (χ1) is 8.49. The molecule has 1 aromatic carbocycles. The van der Waals surface area contributed by atoms with E-state index in [1.54, 1.807) is 12.1 Å². The molecule has 1 atom stereocenters. The third kappa shape index (κ3) is 5.24. The number of nitro benzene ring substituents is 1. The first-order valence-electron chi connectivity index (χ1n) is 5.27. The van der Waals surface area contributed by atoms with Crippen LogP contribution in [0.2, 0.25) is 0 Å². The lowest BCUT2D eigenvalue weighted by Crippen LogP contribution is -2.14. The van der Waals surface area contributed by atoms with Crippen molar-refractivity contribution in [1.82, 2.24) is 0 Å². The zero-order chi connectivity index (χ0) is 13.5. The van der Waals surface area contributed by atoms with Crippen LogP contribution in [0.5, 0.6) is 0 Å². The summed E-state index contributed by atoms with van der Waals surface area (Å²) in [4.78, 5) is 21.0. The summed E-state index contributed by atoms with van der Waals surface area (Å²) >= 11 is 3.13. The van der Waals surface area contributed by atoms with Gasteiger partial charge in [-0.1, -0.05) is 15.9 Å². The van der Waals surface area contributed by atoms with E-state index < -0.39 is 4.92 Å². The zero-order valence-corrected chi connectivity index (χ0v) is 11.1. The second-order valence-electron chi connectivity index (χ2n) is 3.64. The Labute approximate surface area is 112 Å². The molecular formula is C11H13BrN2O4. The molecule has 1 unspecified atom stereocenters. The number of nitro groups is 1. The van der Waals surface area contributed by atoms with Crippen molar-refractivity contribution in [2.24, 2.45) is 5.73 Å².